The fraction of sp³-hybridized carbons (Fsp3) is 0.200. The van der Waals surface area contributed by atoms with Crippen molar-refractivity contribution >= 4 is 40.5 Å². The first-order valence-corrected chi connectivity index (χ1v) is 11.8. The topological polar surface area (TPSA) is 46.2 Å². The van der Waals surface area contributed by atoms with Gasteiger partial charge in [0.15, 0.2) is 5.11 Å². The maximum Gasteiger partial charge on any atom is 0.170 e. The molecule has 0 radical (unpaired) electrons. The first-order chi connectivity index (χ1) is 16.0. The van der Waals surface area contributed by atoms with Gasteiger partial charge in [0.1, 0.15) is 5.76 Å². The summed E-state index contributed by atoms with van der Waals surface area (Å²) in [5, 5.41) is 5.21. The molecule has 33 heavy (non-hydrogen) atoms. The molecule has 0 aliphatic carbocycles. The van der Waals surface area contributed by atoms with Crippen molar-refractivity contribution in [3.05, 3.63) is 106 Å². The van der Waals surface area contributed by atoms with Gasteiger partial charge in [-0.25, -0.2) is 0 Å². The second-order valence-corrected chi connectivity index (χ2v) is 9.24. The summed E-state index contributed by atoms with van der Waals surface area (Å²) in [5.74, 6) is 0.845. The molecule has 0 unspecified atom stereocenters. The molecule has 1 aliphatic rings. The fourth-order valence-corrected chi connectivity index (χ4v) is 5.29. The van der Waals surface area contributed by atoms with E-state index < -0.39 is 0 Å². The van der Waals surface area contributed by atoms with E-state index in [2.05, 4.69) is 39.7 Å². The summed E-state index contributed by atoms with van der Waals surface area (Å²) >= 11 is 18.7. The number of rotatable bonds is 5. The summed E-state index contributed by atoms with van der Waals surface area (Å²) in [6.45, 7) is 4.72. The molecule has 1 saturated heterocycles. The number of aromatic nitrogens is 2. The molecule has 0 spiro atoms. The highest BCUT2D eigenvalue weighted by Crippen LogP contribution is 2.43. The van der Waals surface area contributed by atoms with Crippen molar-refractivity contribution in [1.29, 1.82) is 0 Å². The first-order valence-electron chi connectivity index (χ1n) is 10.6. The summed E-state index contributed by atoms with van der Waals surface area (Å²) < 4.78 is 7.79. The Bertz CT molecular complexity index is 1300. The second kappa shape index (κ2) is 8.86. The number of thiocarbonyl (C=S) groups is 1. The van der Waals surface area contributed by atoms with Gasteiger partial charge in [-0.15, -0.1) is 0 Å². The van der Waals surface area contributed by atoms with E-state index in [1.54, 1.807) is 18.5 Å². The number of benzene rings is 1. The first kappa shape index (κ1) is 22.0. The van der Waals surface area contributed by atoms with Crippen LogP contribution >= 0.6 is 35.4 Å². The minimum absolute atomic E-state index is 0.0876. The summed E-state index contributed by atoms with van der Waals surface area (Å²) in [6.07, 6.45) is 3.49. The van der Waals surface area contributed by atoms with Crippen molar-refractivity contribution in [2.45, 2.75) is 32.5 Å². The average Bonchev–Trinajstić information content (AvgIpc) is 3.51. The number of hydrogen-bond acceptors (Lipinski definition) is 3. The molecular formula is C25H22Cl2N4OS. The lowest BCUT2D eigenvalue weighted by atomic mass is 9.96. The van der Waals surface area contributed by atoms with E-state index in [1.165, 1.54) is 0 Å². The van der Waals surface area contributed by atoms with E-state index in [0.717, 1.165) is 34.1 Å². The van der Waals surface area contributed by atoms with Gasteiger partial charge in [-0.1, -0.05) is 35.3 Å². The van der Waals surface area contributed by atoms with E-state index in [0.29, 0.717) is 21.7 Å². The molecule has 3 aromatic heterocycles. The highest BCUT2D eigenvalue weighted by atomic mass is 35.5. The molecule has 4 aromatic rings. The Balaban J connectivity index is 1.65. The maximum absolute atomic E-state index is 6.59. The SMILES string of the molecule is Cc1cc([C@H]2[C@@H](c3ccccn3)NC(=S)N2Cc2ccco2)c(C)n1-c1cccc(Cl)c1Cl. The van der Waals surface area contributed by atoms with Crippen LogP contribution in [-0.2, 0) is 6.54 Å². The van der Waals surface area contributed by atoms with Crippen LogP contribution in [0.2, 0.25) is 10.0 Å². The monoisotopic (exact) mass is 496 g/mol. The van der Waals surface area contributed by atoms with Crippen molar-refractivity contribution in [2.24, 2.45) is 0 Å². The van der Waals surface area contributed by atoms with Crippen LogP contribution in [0, 0.1) is 13.8 Å². The van der Waals surface area contributed by atoms with Crippen molar-refractivity contribution in [1.82, 2.24) is 19.8 Å². The average molecular weight is 497 g/mol. The van der Waals surface area contributed by atoms with Gasteiger partial charge < -0.3 is 19.2 Å². The number of pyridine rings is 1. The maximum atomic E-state index is 6.59. The summed E-state index contributed by atoms with van der Waals surface area (Å²) in [5.41, 5.74) is 5.04. The molecular weight excluding hydrogens is 475 g/mol. The number of nitrogens with one attached hydrogen (secondary N) is 1. The lowest BCUT2D eigenvalue weighted by Crippen LogP contribution is -2.29. The van der Waals surface area contributed by atoms with Crippen LogP contribution in [0.4, 0.5) is 0 Å². The smallest absolute Gasteiger partial charge is 0.170 e. The Kier molecular flexibility index (Phi) is 5.91. The number of hydrogen-bond donors (Lipinski definition) is 1. The predicted molar refractivity (Wildman–Crippen MR) is 135 cm³/mol. The normalized spacial score (nSPS) is 18.1. The van der Waals surface area contributed by atoms with E-state index in [1.807, 2.05) is 42.5 Å². The molecule has 1 N–H and O–H groups in total. The van der Waals surface area contributed by atoms with Crippen LogP contribution in [0.15, 0.2) is 71.5 Å². The number of halogens is 2. The third kappa shape index (κ3) is 3.92. The molecule has 5 nitrogen and oxygen atoms in total. The lowest BCUT2D eigenvalue weighted by Gasteiger charge is -2.27. The third-order valence-electron chi connectivity index (χ3n) is 6.07. The molecule has 1 fully saturated rings. The summed E-state index contributed by atoms with van der Waals surface area (Å²) in [7, 11) is 0. The van der Waals surface area contributed by atoms with Crippen LogP contribution in [-0.4, -0.2) is 19.6 Å². The minimum Gasteiger partial charge on any atom is -0.467 e. The van der Waals surface area contributed by atoms with E-state index in [4.69, 9.17) is 39.8 Å². The predicted octanol–water partition coefficient (Wildman–Crippen LogP) is 6.56. The van der Waals surface area contributed by atoms with Crippen molar-refractivity contribution < 1.29 is 4.42 Å². The molecule has 0 amide bonds. The number of nitrogens with zero attached hydrogens (tertiary/aromatic N) is 3. The minimum atomic E-state index is -0.113. The molecule has 5 rings (SSSR count). The van der Waals surface area contributed by atoms with Gasteiger partial charge in [0, 0.05) is 17.6 Å². The quantitative estimate of drug-likeness (QED) is 0.317. The van der Waals surface area contributed by atoms with Gasteiger partial charge in [0.2, 0.25) is 0 Å². The number of furan rings is 1. The number of aryl methyl sites for hydroxylation is 1. The Hall–Kier alpha value is -2.80. The Morgan fingerprint density at radius 3 is 2.67 bits per heavy atom. The molecule has 8 heteroatoms. The van der Waals surface area contributed by atoms with Gasteiger partial charge in [0.25, 0.3) is 0 Å². The molecule has 168 valence electrons. The van der Waals surface area contributed by atoms with E-state index in [-0.39, 0.29) is 12.1 Å². The molecule has 2 atom stereocenters. The zero-order valence-corrected chi connectivity index (χ0v) is 20.5. The van der Waals surface area contributed by atoms with Crippen molar-refractivity contribution in [2.75, 3.05) is 0 Å². The van der Waals surface area contributed by atoms with E-state index in [9.17, 15) is 0 Å². The van der Waals surface area contributed by atoms with Gasteiger partial charge >= 0.3 is 0 Å². The van der Waals surface area contributed by atoms with Crippen molar-refractivity contribution in [3.63, 3.8) is 0 Å². The highest BCUT2D eigenvalue weighted by Gasteiger charge is 2.41. The summed E-state index contributed by atoms with van der Waals surface area (Å²) in [6, 6.07) is 17.5. The van der Waals surface area contributed by atoms with E-state index >= 15 is 0 Å². The second-order valence-electron chi connectivity index (χ2n) is 8.07. The van der Waals surface area contributed by atoms with Crippen LogP contribution in [0.25, 0.3) is 5.69 Å². The van der Waals surface area contributed by atoms with Gasteiger partial charge in [-0.3, -0.25) is 4.98 Å². The molecule has 4 heterocycles. The largest absolute Gasteiger partial charge is 0.467 e. The zero-order chi connectivity index (χ0) is 23.1. The van der Waals surface area contributed by atoms with Crippen LogP contribution in [0.5, 0.6) is 0 Å². The Morgan fingerprint density at radius 2 is 1.94 bits per heavy atom. The van der Waals surface area contributed by atoms with Gasteiger partial charge in [-0.2, -0.15) is 0 Å². The molecule has 0 bridgehead atoms. The van der Waals surface area contributed by atoms with Crippen LogP contribution < -0.4 is 5.32 Å². The van der Waals surface area contributed by atoms with Crippen molar-refractivity contribution in [3.8, 4) is 5.69 Å². The third-order valence-corrected chi connectivity index (χ3v) is 7.23. The molecule has 1 aromatic carbocycles. The Morgan fingerprint density at radius 1 is 1.09 bits per heavy atom. The molecule has 0 saturated carbocycles. The van der Waals surface area contributed by atoms with Gasteiger partial charge in [-0.05, 0) is 74.1 Å². The molecule has 1 aliphatic heterocycles. The van der Waals surface area contributed by atoms with Crippen LogP contribution in [0.3, 0.4) is 0 Å². The summed E-state index contributed by atoms with van der Waals surface area (Å²) in [4.78, 5) is 6.79. The fourth-order valence-electron chi connectivity index (χ4n) is 4.61. The standard InChI is InChI=1S/C25H22Cl2N4OS/c1-15-13-18(16(2)31(15)21-10-5-8-19(26)22(21)27)24-23(20-9-3-4-11-28-20)29-25(33)30(24)14-17-7-6-12-32-17/h3-13,23-24H,14H2,1-2H3,(H,29,33)/t23-,24+/m1/s1. The lowest BCUT2D eigenvalue weighted by molar-refractivity contribution is 0.286. The highest BCUT2D eigenvalue weighted by molar-refractivity contribution is 7.80. The van der Waals surface area contributed by atoms with Crippen LogP contribution in [0.1, 0.15) is 40.5 Å². The Labute approximate surface area is 207 Å². The van der Waals surface area contributed by atoms with Gasteiger partial charge in [0.05, 0.1) is 46.3 Å². The zero-order valence-electron chi connectivity index (χ0n) is 18.1.